The van der Waals surface area contributed by atoms with Gasteiger partial charge in [0.2, 0.25) is 0 Å². The molecule has 106 valence electrons. The van der Waals surface area contributed by atoms with Gasteiger partial charge in [0.25, 0.3) is 10.0 Å². The van der Waals surface area contributed by atoms with Crippen LogP contribution in [0.15, 0.2) is 47.0 Å². The van der Waals surface area contributed by atoms with Gasteiger partial charge in [0.05, 0.1) is 12.5 Å². The predicted octanol–water partition coefficient (Wildman–Crippen LogP) is -0.0173. The van der Waals surface area contributed by atoms with Crippen LogP contribution in [0.4, 0.5) is 0 Å². The molecule has 1 aromatic heterocycles. The van der Waals surface area contributed by atoms with E-state index in [0.29, 0.717) is 5.56 Å². The molecule has 2 rings (SSSR count). The molecule has 0 saturated heterocycles. The highest BCUT2D eigenvalue weighted by Crippen LogP contribution is 2.07. The Balaban J connectivity index is 2.05. The van der Waals surface area contributed by atoms with Gasteiger partial charge in [0.15, 0.2) is 10.9 Å². The Bertz CT molecular complexity index is 692. The zero-order chi connectivity index (χ0) is 14.6. The number of nitrogens with one attached hydrogen (secondary N) is 2. The van der Waals surface area contributed by atoms with E-state index in [1.807, 2.05) is 0 Å². The summed E-state index contributed by atoms with van der Waals surface area (Å²) in [5, 5.41) is 11.4. The molecule has 0 saturated carbocycles. The maximum absolute atomic E-state index is 11.8. The Labute approximate surface area is 115 Å². The van der Waals surface area contributed by atoms with Crippen molar-refractivity contribution in [2.45, 2.75) is 11.6 Å². The molecule has 0 aliphatic heterocycles. The SMILES string of the molecule is NC(=NO)c1ccc(CNS(=O)(=O)c2cnc[nH]2)cc1. The van der Waals surface area contributed by atoms with Crippen molar-refractivity contribution in [1.29, 1.82) is 0 Å². The van der Waals surface area contributed by atoms with Gasteiger partial charge < -0.3 is 15.9 Å². The van der Waals surface area contributed by atoms with E-state index in [2.05, 4.69) is 19.8 Å². The smallest absolute Gasteiger partial charge is 0.257 e. The third kappa shape index (κ3) is 3.13. The molecule has 0 aliphatic carbocycles. The summed E-state index contributed by atoms with van der Waals surface area (Å²) in [4.78, 5) is 6.18. The number of amidine groups is 1. The molecule has 1 aromatic carbocycles. The lowest BCUT2D eigenvalue weighted by atomic mass is 10.1. The highest BCUT2D eigenvalue weighted by molar-refractivity contribution is 7.89. The number of oxime groups is 1. The van der Waals surface area contributed by atoms with Crippen molar-refractivity contribution in [3.63, 3.8) is 0 Å². The van der Waals surface area contributed by atoms with Crippen molar-refractivity contribution in [3.8, 4) is 0 Å². The second-order valence-corrected chi connectivity index (χ2v) is 5.66. The lowest BCUT2D eigenvalue weighted by molar-refractivity contribution is 0.318. The van der Waals surface area contributed by atoms with Gasteiger partial charge in [0.1, 0.15) is 0 Å². The highest BCUT2D eigenvalue weighted by Gasteiger charge is 2.14. The summed E-state index contributed by atoms with van der Waals surface area (Å²) in [5.41, 5.74) is 6.72. The summed E-state index contributed by atoms with van der Waals surface area (Å²) in [6, 6.07) is 6.63. The summed E-state index contributed by atoms with van der Waals surface area (Å²) in [6.45, 7) is 0.123. The number of imidazole rings is 1. The number of nitrogens with zero attached hydrogens (tertiary/aromatic N) is 2. The van der Waals surface area contributed by atoms with Gasteiger partial charge >= 0.3 is 0 Å². The molecule has 0 radical (unpaired) electrons. The van der Waals surface area contributed by atoms with Gasteiger partial charge in [-0.2, -0.15) is 0 Å². The van der Waals surface area contributed by atoms with Crippen LogP contribution in [0.25, 0.3) is 0 Å². The van der Waals surface area contributed by atoms with E-state index in [0.717, 1.165) is 5.56 Å². The van der Waals surface area contributed by atoms with E-state index in [4.69, 9.17) is 10.9 Å². The fraction of sp³-hybridized carbons (Fsp3) is 0.0909. The quantitative estimate of drug-likeness (QED) is 0.266. The number of hydrogen-bond donors (Lipinski definition) is 4. The number of hydrogen-bond acceptors (Lipinski definition) is 5. The zero-order valence-corrected chi connectivity index (χ0v) is 11.1. The third-order valence-electron chi connectivity index (χ3n) is 2.59. The summed E-state index contributed by atoms with van der Waals surface area (Å²) >= 11 is 0. The second kappa shape index (κ2) is 5.72. The Kier molecular flexibility index (Phi) is 4.01. The minimum atomic E-state index is -3.60. The second-order valence-electron chi connectivity index (χ2n) is 3.92. The Hall–Kier alpha value is -2.39. The minimum Gasteiger partial charge on any atom is -0.409 e. The molecule has 5 N–H and O–H groups in total. The first kappa shape index (κ1) is 14.0. The summed E-state index contributed by atoms with van der Waals surface area (Å²) in [5.74, 6) is -0.00501. The largest absolute Gasteiger partial charge is 0.409 e. The van der Waals surface area contributed by atoms with E-state index in [9.17, 15) is 8.42 Å². The molecule has 0 aliphatic rings. The van der Waals surface area contributed by atoms with Crippen molar-refractivity contribution in [3.05, 3.63) is 47.9 Å². The maximum Gasteiger partial charge on any atom is 0.257 e. The number of nitrogens with two attached hydrogens (primary N) is 1. The van der Waals surface area contributed by atoms with Gasteiger partial charge in [-0.25, -0.2) is 18.1 Å². The molecule has 0 bridgehead atoms. The third-order valence-corrected chi connectivity index (χ3v) is 3.91. The first-order valence-corrected chi connectivity index (χ1v) is 7.06. The zero-order valence-electron chi connectivity index (χ0n) is 10.3. The summed E-state index contributed by atoms with van der Waals surface area (Å²) in [7, 11) is -3.60. The van der Waals surface area contributed by atoms with Crippen LogP contribution in [-0.4, -0.2) is 29.4 Å². The van der Waals surface area contributed by atoms with E-state index < -0.39 is 10.0 Å². The minimum absolute atomic E-state index is 0.00501. The molecule has 2 aromatic rings. The van der Waals surface area contributed by atoms with Crippen molar-refractivity contribution in [2.75, 3.05) is 0 Å². The van der Waals surface area contributed by atoms with Gasteiger partial charge in [-0.3, -0.25) is 0 Å². The van der Waals surface area contributed by atoms with Crippen LogP contribution in [0, 0.1) is 0 Å². The van der Waals surface area contributed by atoms with E-state index in [-0.39, 0.29) is 17.4 Å². The topological polar surface area (TPSA) is 133 Å². The molecule has 1 heterocycles. The first-order valence-electron chi connectivity index (χ1n) is 5.58. The lowest BCUT2D eigenvalue weighted by Gasteiger charge is -2.05. The number of benzene rings is 1. The number of H-pyrrole nitrogens is 1. The van der Waals surface area contributed by atoms with Crippen molar-refractivity contribution in [2.24, 2.45) is 10.9 Å². The van der Waals surface area contributed by atoms with Crippen LogP contribution in [0.5, 0.6) is 0 Å². The number of rotatable bonds is 5. The van der Waals surface area contributed by atoms with Gasteiger partial charge in [-0.1, -0.05) is 29.4 Å². The lowest BCUT2D eigenvalue weighted by Crippen LogP contribution is -2.23. The molecule has 0 unspecified atom stereocenters. The Morgan fingerprint density at radius 3 is 2.65 bits per heavy atom. The standard InChI is InChI=1S/C11H13N5O3S/c12-11(16-17)9-3-1-8(2-4-9)5-15-20(18,19)10-6-13-7-14-10/h1-4,6-7,15,17H,5H2,(H2,12,16)(H,13,14). The molecule has 20 heavy (non-hydrogen) atoms. The fourth-order valence-electron chi connectivity index (χ4n) is 1.50. The Morgan fingerprint density at radius 1 is 1.40 bits per heavy atom. The number of aromatic amines is 1. The van der Waals surface area contributed by atoms with Crippen LogP contribution in [0.2, 0.25) is 0 Å². The maximum atomic E-state index is 11.8. The van der Waals surface area contributed by atoms with Gasteiger partial charge in [0, 0.05) is 12.1 Å². The first-order chi connectivity index (χ1) is 9.53. The van der Waals surface area contributed by atoms with Crippen LogP contribution in [0.3, 0.4) is 0 Å². The van der Waals surface area contributed by atoms with Gasteiger partial charge in [-0.15, -0.1) is 0 Å². The Morgan fingerprint density at radius 2 is 2.10 bits per heavy atom. The van der Waals surface area contributed by atoms with E-state index in [1.165, 1.54) is 12.5 Å². The van der Waals surface area contributed by atoms with Crippen LogP contribution >= 0.6 is 0 Å². The molecule has 0 fully saturated rings. The molecule has 9 heteroatoms. The van der Waals surface area contributed by atoms with Crippen LogP contribution in [-0.2, 0) is 16.6 Å². The van der Waals surface area contributed by atoms with Crippen molar-refractivity contribution in [1.82, 2.24) is 14.7 Å². The average molecular weight is 295 g/mol. The monoisotopic (exact) mass is 295 g/mol. The summed E-state index contributed by atoms with van der Waals surface area (Å²) in [6.07, 6.45) is 2.52. The van der Waals surface area contributed by atoms with Crippen molar-refractivity contribution < 1.29 is 13.6 Å². The molecule has 0 atom stereocenters. The summed E-state index contributed by atoms with van der Waals surface area (Å²) < 4.78 is 26.1. The van der Waals surface area contributed by atoms with E-state index >= 15 is 0 Å². The van der Waals surface area contributed by atoms with Gasteiger partial charge in [-0.05, 0) is 5.56 Å². The fourth-order valence-corrected chi connectivity index (χ4v) is 2.42. The molecule has 8 nitrogen and oxygen atoms in total. The molecular formula is C11H13N5O3S. The van der Waals surface area contributed by atoms with Crippen LogP contribution in [0.1, 0.15) is 11.1 Å². The molecule has 0 amide bonds. The number of sulfonamides is 1. The van der Waals surface area contributed by atoms with Crippen molar-refractivity contribution >= 4 is 15.9 Å². The molecule has 0 spiro atoms. The average Bonchev–Trinajstić information content (AvgIpc) is 3.00. The predicted molar refractivity (Wildman–Crippen MR) is 71.6 cm³/mol. The highest BCUT2D eigenvalue weighted by atomic mass is 32.2. The van der Waals surface area contributed by atoms with Crippen LogP contribution < -0.4 is 10.5 Å². The normalized spacial score (nSPS) is 12.5. The van der Waals surface area contributed by atoms with E-state index in [1.54, 1.807) is 24.3 Å². The number of aromatic nitrogens is 2. The molecular weight excluding hydrogens is 282 g/mol.